The van der Waals surface area contributed by atoms with Gasteiger partial charge < -0.3 is 25.0 Å². The summed E-state index contributed by atoms with van der Waals surface area (Å²) in [7, 11) is 3.15. The van der Waals surface area contributed by atoms with E-state index in [1.54, 1.807) is 56.7 Å². The minimum atomic E-state index is -0.258. The molecule has 0 radical (unpaired) electrons. The van der Waals surface area contributed by atoms with Crippen molar-refractivity contribution in [3.8, 4) is 11.5 Å². The molecule has 186 valence electrons. The number of hydrogen-bond acceptors (Lipinski definition) is 5. The molecule has 2 atom stereocenters. The minimum absolute atomic E-state index is 0.0656. The average molecular weight is 478 g/mol. The first kappa shape index (κ1) is 24.8. The summed E-state index contributed by atoms with van der Waals surface area (Å²) in [4.78, 5) is 27.6. The molecule has 2 amide bonds. The number of methoxy groups -OCH3 is 2. The van der Waals surface area contributed by atoms with Crippen LogP contribution in [0.2, 0.25) is 0 Å². The molecular formula is C28H35N3O4. The van der Waals surface area contributed by atoms with Gasteiger partial charge in [0, 0.05) is 29.9 Å². The summed E-state index contributed by atoms with van der Waals surface area (Å²) < 4.78 is 10.5. The maximum absolute atomic E-state index is 12.7. The second-order valence-electron chi connectivity index (χ2n) is 9.23. The van der Waals surface area contributed by atoms with Crippen molar-refractivity contribution in [3.05, 3.63) is 59.7 Å². The summed E-state index contributed by atoms with van der Waals surface area (Å²) in [5, 5.41) is 5.96. The van der Waals surface area contributed by atoms with E-state index >= 15 is 0 Å². The van der Waals surface area contributed by atoms with Gasteiger partial charge >= 0.3 is 0 Å². The Labute approximate surface area is 207 Å². The van der Waals surface area contributed by atoms with Gasteiger partial charge in [0.15, 0.2) is 11.5 Å². The predicted octanol–water partition coefficient (Wildman–Crippen LogP) is 4.35. The van der Waals surface area contributed by atoms with Gasteiger partial charge in [-0.05, 0) is 92.7 Å². The molecule has 2 aliphatic rings. The average Bonchev–Trinajstić information content (AvgIpc) is 2.90. The number of anilines is 1. The molecular weight excluding hydrogens is 442 g/mol. The van der Waals surface area contributed by atoms with E-state index in [1.807, 2.05) is 6.07 Å². The topological polar surface area (TPSA) is 79.9 Å². The zero-order chi connectivity index (χ0) is 24.6. The van der Waals surface area contributed by atoms with Crippen molar-refractivity contribution in [1.82, 2.24) is 10.2 Å². The number of benzene rings is 2. The number of ether oxygens (including phenoxy) is 2. The minimum Gasteiger partial charge on any atom is -0.493 e. The molecule has 0 spiro atoms. The van der Waals surface area contributed by atoms with Crippen LogP contribution in [0.3, 0.4) is 0 Å². The highest BCUT2D eigenvalue weighted by Gasteiger charge is 2.32. The summed E-state index contributed by atoms with van der Waals surface area (Å²) in [6.07, 6.45) is 9.40. The van der Waals surface area contributed by atoms with Gasteiger partial charge in [-0.25, -0.2) is 0 Å². The molecule has 0 aromatic heterocycles. The summed E-state index contributed by atoms with van der Waals surface area (Å²) in [5.41, 5.74) is 2.05. The molecule has 35 heavy (non-hydrogen) atoms. The fraction of sp³-hybridized carbons (Fsp3) is 0.429. The second-order valence-corrected chi connectivity index (χ2v) is 9.23. The van der Waals surface area contributed by atoms with Crippen LogP contribution >= 0.6 is 0 Å². The molecule has 7 heteroatoms. The Balaban J connectivity index is 1.27. The van der Waals surface area contributed by atoms with E-state index < -0.39 is 0 Å². The normalized spacial score (nSPS) is 20.2. The zero-order valence-electron chi connectivity index (χ0n) is 20.6. The molecule has 2 heterocycles. The highest BCUT2D eigenvalue weighted by Crippen LogP contribution is 2.30. The van der Waals surface area contributed by atoms with Crippen molar-refractivity contribution in [3.63, 3.8) is 0 Å². The van der Waals surface area contributed by atoms with Crippen LogP contribution in [0.4, 0.5) is 5.69 Å². The molecule has 0 bridgehead atoms. The van der Waals surface area contributed by atoms with E-state index in [0.29, 0.717) is 34.7 Å². The Kier molecular flexibility index (Phi) is 8.42. The van der Waals surface area contributed by atoms with E-state index in [-0.39, 0.29) is 11.8 Å². The number of fused-ring (bicyclic) bond motifs is 1. The van der Waals surface area contributed by atoms with E-state index in [0.717, 1.165) is 12.1 Å². The zero-order valence-corrected chi connectivity index (χ0v) is 20.6. The lowest BCUT2D eigenvalue weighted by Crippen LogP contribution is -2.51. The largest absolute Gasteiger partial charge is 0.493 e. The van der Waals surface area contributed by atoms with Gasteiger partial charge in [-0.2, -0.15) is 0 Å². The van der Waals surface area contributed by atoms with Crippen LogP contribution in [-0.4, -0.2) is 56.6 Å². The smallest absolute Gasteiger partial charge is 0.251 e. The molecule has 2 saturated heterocycles. The maximum Gasteiger partial charge on any atom is 0.251 e. The first-order valence-electron chi connectivity index (χ1n) is 12.4. The summed E-state index contributed by atoms with van der Waals surface area (Å²) >= 11 is 0. The van der Waals surface area contributed by atoms with Gasteiger partial charge in [-0.15, -0.1) is 0 Å². The van der Waals surface area contributed by atoms with Gasteiger partial charge in [0.2, 0.25) is 5.91 Å². The Hall–Kier alpha value is -3.32. The summed E-state index contributed by atoms with van der Waals surface area (Å²) in [5.74, 6) is 1.44. The third-order valence-electron chi connectivity index (χ3n) is 7.00. The molecule has 2 aliphatic heterocycles. The van der Waals surface area contributed by atoms with Crippen molar-refractivity contribution < 1.29 is 19.1 Å². The van der Waals surface area contributed by atoms with Crippen LogP contribution in [0, 0.1) is 5.92 Å². The standard InChI is InChI=1S/C28H35N3O4/c1-34-25-14-8-20(18-26(25)35-2)9-15-27(32)30-23-12-10-21(11-13-23)28(33)29-19-22-6-5-17-31-16-4-3-7-24(22)31/h8-15,18,22,24H,3-7,16-17,19H2,1-2H3,(H,29,33)(H,30,32)/b15-9+/t22-,24+/m0/s1. The lowest BCUT2D eigenvalue weighted by molar-refractivity contribution is -0.111. The highest BCUT2D eigenvalue weighted by atomic mass is 16.5. The van der Waals surface area contributed by atoms with Crippen LogP contribution in [0.1, 0.15) is 48.0 Å². The summed E-state index contributed by atoms with van der Waals surface area (Å²) in [6.45, 7) is 3.12. The van der Waals surface area contributed by atoms with Gasteiger partial charge in [0.05, 0.1) is 14.2 Å². The number of rotatable bonds is 8. The van der Waals surface area contributed by atoms with Gasteiger partial charge in [0.1, 0.15) is 0 Å². The Morgan fingerprint density at radius 2 is 1.74 bits per heavy atom. The number of piperidine rings is 2. The molecule has 2 aromatic rings. The molecule has 0 saturated carbocycles. The molecule has 2 fully saturated rings. The van der Waals surface area contributed by atoms with Crippen molar-refractivity contribution in [2.24, 2.45) is 5.92 Å². The number of hydrogen-bond donors (Lipinski definition) is 2. The summed E-state index contributed by atoms with van der Waals surface area (Å²) in [6, 6.07) is 13.0. The lowest BCUT2D eigenvalue weighted by Gasteiger charge is -2.44. The van der Waals surface area contributed by atoms with E-state index in [4.69, 9.17) is 9.47 Å². The van der Waals surface area contributed by atoms with E-state index in [1.165, 1.54) is 51.3 Å². The Morgan fingerprint density at radius 3 is 2.51 bits per heavy atom. The maximum atomic E-state index is 12.7. The Bertz CT molecular complexity index is 1050. The molecule has 0 unspecified atom stereocenters. The molecule has 4 rings (SSSR count). The SMILES string of the molecule is COc1ccc(/C=C/C(=O)Nc2ccc(C(=O)NC[C@@H]3CCCN4CCCC[C@H]34)cc2)cc1OC. The molecule has 2 N–H and O–H groups in total. The van der Waals surface area contributed by atoms with Crippen LogP contribution in [0.25, 0.3) is 6.08 Å². The van der Waals surface area contributed by atoms with Gasteiger partial charge in [0.25, 0.3) is 5.91 Å². The quantitative estimate of drug-likeness (QED) is 0.553. The van der Waals surface area contributed by atoms with E-state index in [2.05, 4.69) is 15.5 Å². The number of nitrogens with one attached hydrogen (secondary N) is 2. The fourth-order valence-corrected chi connectivity index (χ4v) is 5.16. The monoisotopic (exact) mass is 477 g/mol. The molecule has 0 aliphatic carbocycles. The van der Waals surface area contributed by atoms with Gasteiger partial charge in [-0.1, -0.05) is 12.5 Å². The highest BCUT2D eigenvalue weighted by molar-refractivity contribution is 6.02. The van der Waals surface area contributed by atoms with Crippen LogP contribution in [-0.2, 0) is 4.79 Å². The molecule has 7 nitrogen and oxygen atoms in total. The number of carbonyl (C=O) groups excluding carboxylic acids is 2. The first-order chi connectivity index (χ1) is 17.1. The van der Waals surface area contributed by atoms with E-state index in [9.17, 15) is 9.59 Å². The number of amides is 2. The first-order valence-corrected chi connectivity index (χ1v) is 12.4. The number of carbonyl (C=O) groups is 2. The van der Waals surface area contributed by atoms with Crippen molar-refractivity contribution in [2.75, 3.05) is 39.2 Å². The van der Waals surface area contributed by atoms with Crippen molar-refractivity contribution in [2.45, 2.75) is 38.1 Å². The van der Waals surface area contributed by atoms with Crippen LogP contribution in [0.5, 0.6) is 11.5 Å². The van der Waals surface area contributed by atoms with Gasteiger partial charge in [-0.3, -0.25) is 9.59 Å². The third kappa shape index (κ3) is 6.42. The number of nitrogens with zero attached hydrogens (tertiary/aromatic N) is 1. The predicted molar refractivity (Wildman–Crippen MR) is 138 cm³/mol. The lowest BCUT2D eigenvalue weighted by atomic mass is 9.83. The fourth-order valence-electron chi connectivity index (χ4n) is 5.16. The second kappa shape index (κ2) is 11.9. The van der Waals surface area contributed by atoms with Crippen LogP contribution in [0.15, 0.2) is 48.5 Å². The van der Waals surface area contributed by atoms with Crippen LogP contribution < -0.4 is 20.1 Å². The van der Waals surface area contributed by atoms with Crippen molar-refractivity contribution in [1.29, 1.82) is 0 Å². The van der Waals surface area contributed by atoms with Crippen molar-refractivity contribution >= 4 is 23.6 Å². The Morgan fingerprint density at radius 1 is 0.971 bits per heavy atom. The molecule has 2 aromatic carbocycles. The third-order valence-corrected chi connectivity index (χ3v) is 7.00.